The van der Waals surface area contributed by atoms with E-state index in [0.29, 0.717) is 5.31 Å². The van der Waals surface area contributed by atoms with E-state index in [1.807, 2.05) is 0 Å². The molecule has 12 heavy (non-hydrogen) atoms. The highest BCUT2D eigenvalue weighted by Gasteiger charge is 2.27. The molecule has 1 aliphatic rings. The van der Waals surface area contributed by atoms with Crippen LogP contribution < -0.4 is 0 Å². The molecule has 0 radical (unpaired) electrons. The SMILES string of the molecule is BC1(C)CCC(C)CCCC1C. The first-order valence-corrected chi connectivity index (χ1v) is 5.52. The fourth-order valence-electron chi connectivity index (χ4n) is 2.17. The molecule has 0 saturated heterocycles. The van der Waals surface area contributed by atoms with Gasteiger partial charge >= 0.3 is 0 Å². The third-order valence-electron chi connectivity index (χ3n) is 3.95. The second-order valence-corrected chi connectivity index (χ2v) is 5.46. The monoisotopic (exact) mass is 166 g/mol. The maximum atomic E-state index is 2.44. The minimum atomic E-state index is 0.592. The van der Waals surface area contributed by atoms with Gasteiger partial charge in [-0.1, -0.05) is 58.2 Å². The standard InChI is InChI=1S/C11H23B/c1-9-5-4-6-10(2)11(3,12)8-7-9/h9-10H,4-8,12H2,1-3H3. The molecule has 0 amide bonds. The van der Waals surface area contributed by atoms with Gasteiger partial charge in [0.1, 0.15) is 7.85 Å². The molecule has 0 bridgehead atoms. The van der Waals surface area contributed by atoms with E-state index in [0.717, 1.165) is 11.8 Å². The Morgan fingerprint density at radius 2 is 1.83 bits per heavy atom. The minimum absolute atomic E-state index is 0.592. The van der Waals surface area contributed by atoms with Gasteiger partial charge in [0.05, 0.1) is 0 Å². The molecule has 3 unspecified atom stereocenters. The Bertz CT molecular complexity index is 140. The van der Waals surface area contributed by atoms with Crippen molar-refractivity contribution in [1.82, 2.24) is 0 Å². The van der Waals surface area contributed by atoms with E-state index in [2.05, 4.69) is 28.6 Å². The zero-order valence-electron chi connectivity index (χ0n) is 9.19. The number of hydrogen-bond acceptors (Lipinski definition) is 0. The van der Waals surface area contributed by atoms with Crippen molar-refractivity contribution in [3.63, 3.8) is 0 Å². The van der Waals surface area contributed by atoms with E-state index < -0.39 is 0 Å². The maximum Gasteiger partial charge on any atom is 0.109 e. The molecular formula is C11H23B. The van der Waals surface area contributed by atoms with E-state index in [1.54, 1.807) is 0 Å². The summed E-state index contributed by atoms with van der Waals surface area (Å²) in [6.45, 7) is 7.28. The molecule has 1 fully saturated rings. The molecule has 0 aromatic heterocycles. The van der Waals surface area contributed by atoms with Crippen molar-refractivity contribution in [2.75, 3.05) is 0 Å². The molecule has 0 aromatic carbocycles. The van der Waals surface area contributed by atoms with Crippen molar-refractivity contribution in [3.05, 3.63) is 0 Å². The molecule has 0 spiro atoms. The van der Waals surface area contributed by atoms with Crippen molar-refractivity contribution in [3.8, 4) is 0 Å². The van der Waals surface area contributed by atoms with Gasteiger partial charge in [-0.25, -0.2) is 0 Å². The molecule has 0 aliphatic heterocycles. The zero-order chi connectivity index (χ0) is 9.19. The summed E-state index contributed by atoms with van der Waals surface area (Å²) in [7, 11) is 2.44. The van der Waals surface area contributed by atoms with Crippen LogP contribution in [-0.4, -0.2) is 7.85 Å². The fraction of sp³-hybridized carbons (Fsp3) is 1.00. The van der Waals surface area contributed by atoms with Crippen molar-refractivity contribution >= 4 is 7.85 Å². The molecule has 1 aliphatic carbocycles. The summed E-state index contributed by atoms with van der Waals surface area (Å²) >= 11 is 0. The largest absolute Gasteiger partial charge is 0.109 e. The fourth-order valence-corrected chi connectivity index (χ4v) is 2.17. The Kier molecular flexibility index (Phi) is 3.26. The summed E-state index contributed by atoms with van der Waals surface area (Å²) in [4.78, 5) is 0. The van der Waals surface area contributed by atoms with Crippen molar-refractivity contribution in [1.29, 1.82) is 0 Å². The van der Waals surface area contributed by atoms with Gasteiger partial charge in [0, 0.05) is 0 Å². The van der Waals surface area contributed by atoms with Gasteiger partial charge in [0.2, 0.25) is 0 Å². The molecule has 0 N–H and O–H groups in total. The van der Waals surface area contributed by atoms with Gasteiger partial charge in [-0.2, -0.15) is 0 Å². The van der Waals surface area contributed by atoms with Gasteiger partial charge in [-0.05, 0) is 11.8 Å². The topological polar surface area (TPSA) is 0 Å². The lowest BCUT2D eigenvalue weighted by atomic mass is 9.57. The number of hydrogen-bond donors (Lipinski definition) is 0. The van der Waals surface area contributed by atoms with Crippen LogP contribution in [0.25, 0.3) is 0 Å². The first kappa shape index (κ1) is 10.1. The molecule has 1 saturated carbocycles. The van der Waals surface area contributed by atoms with Crippen LogP contribution in [0.3, 0.4) is 0 Å². The highest BCUT2D eigenvalue weighted by Crippen LogP contribution is 2.42. The Hall–Kier alpha value is 0.0649. The molecule has 0 heterocycles. The van der Waals surface area contributed by atoms with Crippen LogP contribution in [0.5, 0.6) is 0 Å². The maximum absolute atomic E-state index is 2.44. The van der Waals surface area contributed by atoms with E-state index in [1.165, 1.54) is 32.1 Å². The molecule has 0 aromatic rings. The summed E-state index contributed by atoms with van der Waals surface area (Å²) in [6, 6.07) is 0. The molecule has 1 rings (SSSR count). The molecular weight excluding hydrogens is 143 g/mol. The van der Waals surface area contributed by atoms with Crippen molar-refractivity contribution in [2.45, 2.75) is 58.2 Å². The second kappa shape index (κ2) is 3.85. The van der Waals surface area contributed by atoms with Crippen LogP contribution in [0, 0.1) is 11.8 Å². The minimum Gasteiger partial charge on any atom is -0.0667 e. The van der Waals surface area contributed by atoms with Crippen LogP contribution in [-0.2, 0) is 0 Å². The first-order chi connectivity index (χ1) is 5.52. The second-order valence-electron chi connectivity index (χ2n) is 5.46. The highest BCUT2D eigenvalue weighted by atomic mass is 14.3. The van der Waals surface area contributed by atoms with Crippen LogP contribution >= 0.6 is 0 Å². The summed E-state index contributed by atoms with van der Waals surface area (Å²) in [5.41, 5.74) is 0. The van der Waals surface area contributed by atoms with E-state index in [9.17, 15) is 0 Å². The third-order valence-corrected chi connectivity index (χ3v) is 3.95. The lowest BCUT2D eigenvalue weighted by Gasteiger charge is -2.35. The Morgan fingerprint density at radius 1 is 1.17 bits per heavy atom. The average molecular weight is 166 g/mol. The van der Waals surface area contributed by atoms with Crippen LogP contribution in [0.1, 0.15) is 52.9 Å². The van der Waals surface area contributed by atoms with Crippen molar-refractivity contribution < 1.29 is 0 Å². The van der Waals surface area contributed by atoms with Crippen LogP contribution in [0.2, 0.25) is 5.31 Å². The van der Waals surface area contributed by atoms with Gasteiger partial charge in [0.25, 0.3) is 0 Å². The molecule has 0 nitrogen and oxygen atoms in total. The lowest BCUT2D eigenvalue weighted by Crippen LogP contribution is -2.21. The van der Waals surface area contributed by atoms with Gasteiger partial charge in [0.15, 0.2) is 0 Å². The Balaban J connectivity index is 2.52. The summed E-state index contributed by atoms with van der Waals surface area (Å²) in [5, 5.41) is 0.592. The quantitative estimate of drug-likeness (QED) is 0.485. The van der Waals surface area contributed by atoms with Crippen molar-refractivity contribution in [2.24, 2.45) is 11.8 Å². The summed E-state index contributed by atoms with van der Waals surface area (Å²) in [5.74, 6) is 1.89. The van der Waals surface area contributed by atoms with E-state index >= 15 is 0 Å². The molecule has 70 valence electrons. The van der Waals surface area contributed by atoms with E-state index in [4.69, 9.17) is 0 Å². The normalized spacial score (nSPS) is 44.9. The van der Waals surface area contributed by atoms with Gasteiger partial charge < -0.3 is 0 Å². The van der Waals surface area contributed by atoms with Gasteiger partial charge in [-0.3, -0.25) is 0 Å². The van der Waals surface area contributed by atoms with Crippen LogP contribution in [0.15, 0.2) is 0 Å². The Morgan fingerprint density at radius 3 is 2.50 bits per heavy atom. The first-order valence-electron chi connectivity index (χ1n) is 5.52. The highest BCUT2D eigenvalue weighted by molar-refractivity contribution is 6.15. The van der Waals surface area contributed by atoms with Crippen LogP contribution in [0.4, 0.5) is 0 Å². The molecule has 1 heteroatoms. The predicted octanol–water partition coefficient (Wildman–Crippen LogP) is 3.03. The average Bonchev–Trinajstić information content (AvgIpc) is 1.99. The van der Waals surface area contributed by atoms with E-state index in [-0.39, 0.29) is 0 Å². The summed E-state index contributed by atoms with van der Waals surface area (Å²) in [6.07, 6.45) is 7.22. The summed E-state index contributed by atoms with van der Waals surface area (Å²) < 4.78 is 0. The lowest BCUT2D eigenvalue weighted by molar-refractivity contribution is 0.283. The zero-order valence-corrected chi connectivity index (χ0v) is 9.19. The smallest absolute Gasteiger partial charge is 0.0667 e. The third kappa shape index (κ3) is 2.53. The Labute approximate surface area is 78.5 Å². The predicted molar refractivity (Wildman–Crippen MR) is 58.3 cm³/mol. The number of rotatable bonds is 0. The van der Waals surface area contributed by atoms with Gasteiger partial charge in [-0.15, -0.1) is 0 Å². The molecule has 3 atom stereocenters.